The van der Waals surface area contributed by atoms with Crippen LogP contribution in [-0.4, -0.2) is 9.67 Å². The fraction of sp³-hybridized carbons (Fsp3) is 0.375. The molecule has 2 heteroatoms. The summed E-state index contributed by atoms with van der Waals surface area (Å²) in [7, 11) is 0. The lowest BCUT2D eigenvalue weighted by molar-refractivity contribution is 0.199. The minimum absolute atomic E-state index is 0.383. The summed E-state index contributed by atoms with van der Waals surface area (Å²) in [5.74, 6) is 0. The van der Waals surface area contributed by atoms with Gasteiger partial charge in [0, 0.05) is 18.9 Å². The molecule has 3 rings (SSSR count). The lowest BCUT2D eigenvalue weighted by atomic mass is 10.1. The molecule has 1 unspecified atom stereocenters. The smallest absolute Gasteiger partial charge is 0.0776 e. The van der Waals surface area contributed by atoms with Gasteiger partial charge in [0.05, 0.1) is 6.10 Å². The average Bonchev–Trinajstić information content (AvgIpc) is 2.96. The van der Waals surface area contributed by atoms with Gasteiger partial charge in [-0.3, -0.25) is 0 Å². The van der Waals surface area contributed by atoms with Gasteiger partial charge in [-0.2, -0.15) is 0 Å². The monoisotopic (exact) mass is 241 g/mol. The quantitative estimate of drug-likeness (QED) is 0.877. The van der Waals surface area contributed by atoms with Crippen molar-refractivity contribution in [3.63, 3.8) is 0 Å². The molecule has 94 valence electrons. The van der Waals surface area contributed by atoms with Gasteiger partial charge in [-0.15, -0.1) is 0 Å². The van der Waals surface area contributed by atoms with Crippen LogP contribution >= 0.6 is 0 Å². The molecular formula is C16H19NO. The van der Waals surface area contributed by atoms with Crippen molar-refractivity contribution in [3.05, 3.63) is 58.9 Å². The van der Waals surface area contributed by atoms with Gasteiger partial charge in [0.25, 0.3) is 0 Å². The number of aliphatic hydroxyl groups excluding tert-OH is 1. The van der Waals surface area contributed by atoms with Crippen LogP contribution in [0.25, 0.3) is 0 Å². The van der Waals surface area contributed by atoms with Crippen molar-refractivity contribution in [2.45, 2.75) is 38.8 Å². The third-order valence-corrected chi connectivity index (χ3v) is 3.78. The van der Waals surface area contributed by atoms with E-state index in [2.05, 4.69) is 22.8 Å². The summed E-state index contributed by atoms with van der Waals surface area (Å²) >= 11 is 0. The van der Waals surface area contributed by atoms with Gasteiger partial charge in [-0.25, -0.2) is 0 Å². The van der Waals surface area contributed by atoms with Crippen molar-refractivity contribution >= 4 is 0 Å². The maximum atomic E-state index is 9.52. The number of hydrogen-bond donors (Lipinski definition) is 1. The van der Waals surface area contributed by atoms with E-state index in [-0.39, 0.29) is 6.10 Å². The van der Waals surface area contributed by atoms with Crippen LogP contribution in [0.4, 0.5) is 0 Å². The Morgan fingerprint density at radius 3 is 2.83 bits per heavy atom. The molecule has 0 aliphatic heterocycles. The molecule has 1 aromatic heterocycles. The van der Waals surface area contributed by atoms with Gasteiger partial charge in [0.1, 0.15) is 0 Å². The van der Waals surface area contributed by atoms with Gasteiger partial charge in [0.2, 0.25) is 0 Å². The van der Waals surface area contributed by atoms with E-state index < -0.39 is 0 Å². The van der Waals surface area contributed by atoms with E-state index in [0.717, 1.165) is 12.1 Å². The summed E-state index contributed by atoms with van der Waals surface area (Å²) < 4.78 is 2.14. The van der Waals surface area contributed by atoms with Gasteiger partial charge >= 0.3 is 0 Å². The van der Waals surface area contributed by atoms with E-state index in [9.17, 15) is 5.11 Å². The van der Waals surface area contributed by atoms with E-state index in [0.29, 0.717) is 0 Å². The SMILES string of the molecule is CC(O)c1ccn(Cc2ccc3c(c2)CCC3)c1. The standard InChI is InChI=1S/C16H19NO/c1-12(18)16-7-8-17(11-16)10-13-5-6-14-3-2-4-15(14)9-13/h5-9,11-12,18H,2-4,10H2,1H3. The lowest BCUT2D eigenvalue weighted by Gasteiger charge is -2.06. The van der Waals surface area contributed by atoms with Crippen molar-refractivity contribution in [1.29, 1.82) is 0 Å². The highest BCUT2D eigenvalue weighted by atomic mass is 16.3. The first kappa shape index (κ1) is 11.5. The number of aryl methyl sites for hydroxylation is 2. The number of fused-ring (bicyclic) bond motifs is 1. The second-order valence-corrected chi connectivity index (χ2v) is 5.25. The highest BCUT2D eigenvalue weighted by Gasteiger charge is 2.11. The second-order valence-electron chi connectivity index (χ2n) is 5.25. The Hall–Kier alpha value is -1.54. The first-order valence-corrected chi connectivity index (χ1v) is 6.67. The summed E-state index contributed by atoms with van der Waals surface area (Å²) in [6.45, 7) is 2.69. The van der Waals surface area contributed by atoms with E-state index in [1.54, 1.807) is 6.92 Å². The number of rotatable bonds is 3. The Balaban J connectivity index is 1.79. The Labute approximate surface area is 108 Å². The maximum absolute atomic E-state index is 9.52. The molecule has 0 fully saturated rings. The highest BCUT2D eigenvalue weighted by molar-refractivity contribution is 5.35. The maximum Gasteiger partial charge on any atom is 0.0776 e. The Bertz CT molecular complexity index is 554. The average molecular weight is 241 g/mol. The van der Waals surface area contributed by atoms with Crippen molar-refractivity contribution in [2.24, 2.45) is 0 Å². The molecule has 18 heavy (non-hydrogen) atoms. The predicted octanol–water partition coefficient (Wildman–Crippen LogP) is 3.08. The lowest BCUT2D eigenvalue weighted by Crippen LogP contribution is -1.98. The van der Waals surface area contributed by atoms with Crippen LogP contribution in [0.1, 0.15) is 41.7 Å². The summed E-state index contributed by atoms with van der Waals surface area (Å²) in [5.41, 5.74) is 5.38. The molecular weight excluding hydrogens is 222 g/mol. The van der Waals surface area contributed by atoms with E-state index in [1.807, 2.05) is 18.5 Å². The first-order valence-electron chi connectivity index (χ1n) is 6.67. The van der Waals surface area contributed by atoms with Crippen molar-refractivity contribution in [1.82, 2.24) is 4.57 Å². The first-order chi connectivity index (χ1) is 8.72. The number of hydrogen-bond acceptors (Lipinski definition) is 1. The Morgan fingerprint density at radius 2 is 2.06 bits per heavy atom. The summed E-state index contributed by atoms with van der Waals surface area (Å²) in [6, 6.07) is 8.82. The number of aliphatic hydroxyl groups is 1. The topological polar surface area (TPSA) is 25.2 Å². The minimum Gasteiger partial charge on any atom is -0.389 e. The molecule has 1 heterocycles. The fourth-order valence-electron chi connectivity index (χ4n) is 2.74. The summed E-state index contributed by atoms with van der Waals surface area (Å²) in [6.07, 6.45) is 7.45. The normalized spacial score (nSPS) is 15.7. The molecule has 0 bridgehead atoms. The molecule has 1 aliphatic rings. The zero-order chi connectivity index (χ0) is 12.5. The van der Waals surface area contributed by atoms with Crippen molar-refractivity contribution in [3.8, 4) is 0 Å². The molecule has 2 aromatic rings. The molecule has 1 aliphatic carbocycles. The van der Waals surface area contributed by atoms with Gasteiger partial charge < -0.3 is 9.67 Å². The van der Waals surface area contributed by atoms with E-state index in [4.69, 9.17) is 0 Å². The zero-order valence-corrected chi connectivity index (χ0v) is 10.8. The van der Waals surface area contributed by atoms with Crippen molar-refractivity contribution in [2.75, 3.05) is 0 Å². The van der Waals surface area contributed by atoms with Crippen LogP contribution < -0.4 is 0 Å². The van der Waals surface area contributed by atoms with Gasteiger partial charge in [-0.1, -0.05) is 18.2 Å². The molecule has 2 nitrogen and oxygen atoms in total. The molecule has 1 N–H and O–H groups in total. The molecule has 0 amide bonds. The van der Waals surface area contributed by atoms with Gasteiger partial charge in [0.15, 0.2) is 0 Å². The molecule has 0 saturated carbocycles. The van der Waals surface area contributed by atoms with E-state index in [1.165, 1.54) is 36.0 Å². The Kier molecular flexibility index (Phi) is 2.96. The molecule has 1 aromatic carbocycles. The highest BCUT2D eigenvalue weighted by Crippen LogP contribution is 2.23. The van der Waals surface area contributed by atoms with Crippen molar-refractivity contribution < 1.29 is 5.11 Å². The number of benzene rings is 1. The van der Waals surface area contributed by atoms with Crippen LogP contribution in [-0.2, 0) is 19.4 Å². The van der Waals surface area contributed by atoms with Gasteiger partial charge in [-0.05, 0) is 54.5 Å². The predicted molar refractivity (Wildman–Crippen MR) is 72.6 cm³/mol. The van der Waals surface area contributed by atoms with E-state index >= 15 is 0 Å². The summed E-state index contributed by atoms with van der Waals surface area (Å²) in [5, 5.41) is 9.52. The summed E-state index contributed by atoms with van der Waals surface area (Å²) in [4.78, 5) is 0. The zero-order valence-electron chi connectivity index (χ0n) is 10.8. The van der Waals surface area contributed by atoms with Crippen LogP contribution in [0.3, 0.4) is 0 Å². The van der Waals surface area contributed by atoms with Crippen LogP contribution in [0, 0.1) is 0 Å². The largest absolute Gasteiger partial charge is 0.389 e. The fourth-order valence-corrected chi connectivity index (χ4v) is 2.74. The third kappa shape index (κ3) is 2.21. The van der Waals surface area contributed by atoms with Crippen LogP contribution in [0.15, 0.2) is 36.7 Å². The van der Waals surface area contributed by atoms with Crippen LogP contribution in [0.5, 0.6) is 0 Å². The minimum atomic E-state index is -0.383. The third-order valence-electron chi connectivity index (χ3n) is 3.78. The molecule has 1 atom stereocenters. The molecule has 0 radical (unpaired) electrons. The number of aromatic nitrogens is 1. The van der Waals surface area contributed by atoms with Crippen LogP contribution in [0.2, 0.25) is 0 Å². The second kappa shape index (κ2) is 4.62. The molecule has 0 saturated heterocycles. The molecule has 0 spiro atoms. The Morgan fingerprint density at radius 1 is 1.22 bits per heavy atom. The number of nitrogens with zero attached hydrogens (tertiary/aromatic N) is 1.